The molecule has 1 aromatic heterocycles. The van der Waals surface area contributed by atoms with E-state index in [0.717, 1.165) is 25.8 Å². The van der Waals surface area contributed by atoms with E-state index in [1.165, 1.54) is 10.4 Å². The number of thiophene rings is 1. The highest BCUT2D eigenvalue weighted by Gasteiger charge is 2.34. The Hall–Kier alpha value is -0.470. The predicted octanol–water partition coefficient (Wildman–Crippen LogP) is 1.28. The van der Waals surface area contributed by atoms with Gasteiger partial charge < -0.3 is 5.32 Å². The highest BCUT2D eigenvalue weighted by atomic mass is 32.2. The topological polar surface area (TPSA) is 52.7 Å². The summed E-state index contributed by atoms with van der Waals surface area (Å²) in [5.74, 6) is 0.603. The van der Waals surface area contributed by atoms with E-state index in [-0.39, 0.29) is 0 Å². The highest BCUT2D eigenvalue weighted by Crippen LogP contribution is 2.28. The molecule has 1 N–H and O–H groups in total. The van der Waals surface area contributed by atoms with E-state index >= 15 is 0 Å². The SMILES string of the molecule is CNCC1CCN(S(=O)(=O)N2CCc3sccc3C2)CC1. The van der Waals surface area contributed by atoms with Gasteiger partial charge in [0.25, 0.3) is 10.2 Å². The van der Waals surface area contributed by atoms with Gasteiger partial charge in [0.15, 0.2) is 0 Å². The molecule has 2 aliphatic heterocycles. The summed E-state index contributed by atoms with van der Waals surface area (Å²) in [6.45, 7) is 3.45. The fraction of sp³-hybridized carbons (Fsp3) is 0.714. The van der Waals surface area contributed by atoms with Crippen molar-refractivity contribution in [3.8, 4) is 0 Å². The van der Waals surface area contributed by atoms with Crippen molar-refractivity contribution in [2.45, 2.75) is 25.8 Å². The summed E-state index contributed by atoms with van der Waals surface area (Å²) in [4.78, 5) is 1.34. The fourth-order valence-corrected chi connectivity index (χ4v) is 5.73. The van der Waals surface area contributed by atoms with Gasteiger partial charge in [-0.05, 0) is 55.8 Å². The Labute approximate surface area is 131 Å². The molecule has 7 heteroatoms. The van der Waals surface area contributed by atoms with Gasteiger partial charge in [-0.15, -0.1) is 11.3 Å². The Balaban J connectivity index is 1.65. The normalized spacial score (nSPS) is 22.3. The first kappa shape index (κ1) is 15.4. The van der Waals surface area contributed by atoms with Crippen molar-refractivity contribution < 1.29 is 8.42 Å². The molecule has 0 atom stereocenters. The maximum absolute atomic E-state index is 12.8. The molecule has 1 saturated heterocycles. The third-order valence-electron chi connectivity index (χ3n) is 4.49. The zero-order valence-corrected chi connectivity index (χ0v) is 14.0. The van der Waals surface area contributed by atoms with E-state index in [1.54, 1.807) is 19.9 Å². The van der Waals surface area contributed by atoms with E-state index in [9.17, 15) is 8.42 Å². The molecule has 0 spiro atoms. The van der Waals surface area contributed by atoms with Gasteiger partial charge in [0.05, 0.1) is 0 Å². The van der Waals surface area contributed by atoms with Crippen LogP contribution in [0, 0.1) is 5.92 Å². The average Bonchev–Trinajstić information content (AvgIpc) is 2.95. The van der Waals surface area contributed by atoms with Crippen molar-refractivity contribution in [2.75, 3.05) is 33.2 Å². The van der Waals surface area contributed by atoms with Crippen molar-refractivity contribution in [1.82, 2.24) is 13.9 Å². The van der Waals surface area contributed by atoms with Crippen LogP contribution in [-0.2, 0) is 23.2 Å². The third-order valence-corrected chi connectivity index (χ3v) is 7.50. The van der Waals surface area contributed by atoms with Crippen molar-refractivity contribution in [3.63, 3.8) is 0 Å². The average molecular weight is 329 g/mol. The highest BCUT2D eigenvalue weighted by molar-refractivity contribution is 7.86. The molecule has 0 saturated carbocycles. The molecule has 0 aromatic carbocycles. The second-order valence-electron chi connectivity index (χ2n) is 5.86. The van der Waals surface area contributed by atoms with Crippen molar-refractivity contribution in [2.24, 2.45) is 5.92 Å². The van der Waals surface area contributed by atoms with Crippen molar-refractivity contribution in [1.29, 1.82) is 0 Å². The van der Waals surface area contributed by atoms with Crippen LogP contribution in [0.3, 0.4) is 0 Å². The minimum atomic E-state index is -3.29. The zero-order chi connectivity index (χ0) is 14.9. The smallest absolute Gasteiger partial charge is 0.282 e. The number of nitrogens with one attached hydrogen (secondary N) is 1. The van der Waals surface area contributed by atoms with Crippen LogP contribution in [0.4, 0.5) is 0 Å². The molecular formula is C14H23N3O2S2. The third kappa shape index (κ3) is 3.17. The zero-order valence-electron chi connectivity index (χ0n) is 12.4. The lowest BCUT2D eigenvalue weighted by atomic mass is 9.98. The van der Waals surface area contributed by atoms with Gasteiger partial charge >= 0.3 is 0 Å². The Bertz CT molecular complexity index is 577. The summed E-state index contributed by atoms with van der Waals surface area (Å²) in [6, 6.07) is 2.06. The minimum absolute atomic E-state index is 0.539. The molecule has 0 aliphatic carbocycles. The van der Waals surface area contributed by atoms with Gasteiger partial charge in [0, 0.05) is 31.1 Å². The van der Waals surface area contributed by atoms with E-state index in [2.05, 4.69) is 16.8 Å². The maximum Gasteiger partial charge on any atom is 0.282 e. The van der Waals surface area contributed by atoms with Gasteiger partial charge in [-0.1, -0.05) is 0 Å². The van der Waals surface area contributed by atoms with Gasteiger partial charge in [-0.25, -0.2) is 0 Å². The van der Waals surface area contributed by atoms with Gasteiger partial charge in [0.1, 0.15) is 0 Å². The monoisotopic (exact) mass is 329 g/mol. The Kier molecular flexibility index (Phi) is 4.66. The lowest BCUT2D eigenvalue weighted by molar-refractivity contribution is 0.248. The van der Waals surface area contributed by atoms with Crippen LogP contribution in [0.15, 0.2) is 11.4 Å². The van der Waals surface area contributed by atoms with Crippen LogP contribution in [0.2, 0.25) is 0 Å². The Morgan fingerprint density at radius 1 is 1.29 bits per heavy atom. The fourth-order valence-electron chi connectivity index (χ4n) is 3.22. The molecule has 0 bridgehead atoms. The summed E-state index contributed by atoms with van der Waals surface area (Å²) < 4.78 is 28.9. The van der Waals surface area contributed by atoms with Crippen LogP contribution in [0.5, 0.6) is 0 Å². The molecule has 2 aliphatic rings. The van der Waals surface area contributed by atoms with Crippen LogP contribution in [0.1, 0.15) is 23.3 Å². The lowest BCUT2D eigenvalue weighted by Crippen LogP contribution is -2.49. The van der Waals surface area contributed by atoms with Gasteiger partial charge in [0.2, 0.25) is 0 Å². The first-order valence-electron chi connectivity index (χ1n) is 7.56. The van der Waals surface area contributed by atoms with E-state index in [4.69, 9.17) is 0 Å². The number of hydrogen-bond donors (Lipinski definition) is 1. The summed E-state index contributed by atoms with van der Waals surface area (Å²) in [5, 5.41) is 5.24. The first-order chi connectivity index (χ1) is 10.1. The summed E-state index contributed by atoms with van der Waals surface area (Å²) >= 11 is 1.74. The number of nitrogens with zero attached hydrogens (tertiary/aromatic N) is 2. The molecule has 0 amide bonds. The van der Waals surface area contributed by atoms with E-state index in [1.807, 2.05) is 7.05 Å². The molecule has 1 fully saturated rings. The molecule has 5 nitrogen and oxygen atoms in total. The molecule has 3 rings (SSSR count). The maximum atomic E-state index is 12.8. The summed E-state index contributed by atoms with van der Waals surface area (Å²) in [7, 11) is -1.34. The van der Waals surface area contributed by atoms with Gasteiger partial charge in [-0.2, -0.15) is 17.0 Å². The van der Waals surface area contributed by atoms with Crippen LogP contribution in [-0.4, -0.2) is 50.3 Å². The standard InChI is InChI=1S/C14H23N3O2S2/c1-15-10-12-2-6-16(7-3-12)21(18,19)17-8-4-14-13(11-17)5-9-20-14/h5,9,12,15H,2-4,6-8,10-11H2,1H3. The molecule has 0 unspecified atom stereocenters. The molecule has 21 heavy (non-hydrogen) atoms. The van der Waals surface area contributed by atoms with Crippen LogP contribution < -0.4 is 5.32 Å². The first-order valence-corrected chi connectivity index (χ1v) is 9.84. The molecule has 1 aromatic rings. The summed E-state index contributed by atoms with van der Waals surface area (Å²) in [5.41, 5.74) is 1.18. The van der Waals surface area contributed by atoms with Crippen molar-refractivity contribution in [3.05, 3.63) is 21.9 Å². The largest absolute Gasteiger partial charge is 0.319 e. The lowest BCUT2D eigenvalue weighted by Gasteiger charge is -2.36. The second kappa shape index (κ2) is 6.34. The molecular weight excluding hydrogens is 306 g/mol. The minimum Gasteiger partial charge on any atom is -0.319 e. The number of piperidine rings is 1. The Morgan fingerprint density at radius 3 is 2.76 bits per heavy atom. The molecule has 0 radical (unpaired) electrons. The number of hydrogen-bond acceptors (Lipinski definition) is 4. The van der Waals surface area contributed by atoms with E-state index < -0.39 is 10.2 Å². The quantitative estimate of drug-likeness (QED) is 0.905. The van der Waals surface area contributed by atoms with Crippen LogP contribution >= 0.6 is 11.3 Å². The van der Waals surface area contributed by atoms with E-state index in [0.29, 0.717) is 32.1 Å². The van der Waals surface area contributed by atoms with Crippen LogP contribution in [0.25, 0.3) is 0 Å². The second-order valence-corrected chi connectivity index (χ2v) is 8.79. The van der Waals surface area contributed by atoms with Crippen molar-refractivity contribution >= 4 is 21.5 Å². The summed E-state index contributed by atoms with van der Waals surface area (Å²) in [6.07, 6.45) is 2.76. The number of rotatable bonds is 4. The molecule has 3 heterocycles. The predicted molar refractivity (Wildman–Crippen MR) is 85.6 cm³/mol. The Morgan fingerprint density at radius 2 is 2.05 bits per heavy atom. The molecule has 118 valence electrons. The number of fused-ring (bicyclic) bond motifs is 1. The van der Waals surface area contributed by atoms with Gasteiger partial charge in [-0.3, -0.25) is 0 Å².